The van der Waals surface area contributed by atoms with Crippen LogP contribution >= 0.6 is 23.1 Å². The minimum absolute atomic E-state index is 0.0987. The number of hydrogen-bond donors (Lipinski definition) is 1. The first-order valence-corrected chi connectivity index (χ1v) is 11.6. The third kappa shape index (κ3) is 6.36. The molecule has 1 saturated carbocycles. The minimum Gasteiger partial charge on any atom is -0.465 e. The highest BCUT2D eigenvalue weighted by Crippen LogP contribution is 2.32. The normalized spacial score (nSPS) is 13.9. The lowest BCUT2D eigenvalue weighted by Crippen LogP contribution is -2.39. The molecule has 31 heavy (non-hydrogen) atoms. The van der Waals surface area contributed by atoms with E-state index in [1.54, 1.807) is 6.92 Å². The fourth-order valence-electron chi connectivity index (χ4n) is 3.39. The van der Waals surface area contributed by atoms with Gasteiger partial charge < -0.3 is 4.74 Å². The van der Waals surface area contributed by atoms with Crippen LogP contribution in [0.2, 0.25) is 0 Å². The zero-order valence-electron chi connectivity index (χ0n) is 16.8. The molecule has 0 atom stereocenters. The Labute approximate surface area is 186 Å². The summed E-state index contributed by atoms with van der Waals surface area (Å²) in [5.74, 6) is -3.50. The van der Waals surface area contributed by atoms with Crippen molar-refractivity contribution in [2.24, 2.45) is 5.92 Å². The lowest BCUT2D eigenvalue weighted by Gasteiger charge is -2.26. The summed E-state index contributed by atoms with van der Waals surface area (Å²) in [6, 6.07) is 0.356. The molecule has 1 heterocycles. The highest BCUT2D eigenvalue weighted by molar-refractivity contribution is 8.01. The summed E-state index contributed by atoms with van der Waals surface area (Å²) in [7, 11) is 0. The Morgan fingerprint density at radius 1 is 1.26 bits per heavy atom. The van der Waals surface area contributed by atoms with Crippen molar-refractivity contribution in [3.63, 3.8) is 0 Å². The highest BCUT2D eigenvalue weighted by atomic mass is 32.2. The van der Waals surface area contributed by atoms with Gasteiger partial charge in [-0.2, -0.15) is 0 Å². The second kappa shape index (κ2) is 10.9. The van der Waals surface area contributed by atoms with Crippen LogP contribution in [0.4, 0.5) is 28.8 Å². The smallest absolute Gasteiger partial charge is 0.328 e. The minimum atomic E-state index is -1.14. The summed E-state index contributed by atoms with van der Waals surface area (Å²) in [6.07, 6.45) is 5.16. The van der Waals surface area contributed by atoms with E-state index in [0.29, 0.717) is 16.3 Å². The van der Waals surface area contributed by atoms with Crippen LogP contribution in [0, 0.1) is 23.4 Å². The monoisotopic (exact) mass is 473 g/mol. The summed E-state index contributed by atoms with van der Waals surface area (Å²) < 4.78 is 47.7. The highest BCUT2D eigenvalue weighted by Gasteiger charge is 2.28. The van der Waals surface area contributed by atoms with Crippen molar-refractivity contribution in [3.8, 4) is 0 Å². The average Bonchev–Trinajstić information content (AvgIpc) is 3.37. The Morgan fingerprint density at radius 2 is 1.94 bits per heavy atom. The first kappa shape index (κ1) is 23.4. The lowest BCUT2D eigenvalue weighted by atomic mass is 10.1. The van der Waals surface area contributed by atoms with Crippen LogP contribution in [0.5, 0.6) is 0 Å². The number of anilines is 2. The van der Waals surface area contributed by atoms with Crippen LogP contribution in [0.3, 0.4) is 0 Å². The number of urea groups is 1. The van der Waals surface area contributed by atoms with Gasteiger partial charge in [0.05, 0.1) is 22.8 Å². The van der Waals surface area contributed by atoms with Crippen LogP contribution in [0.1, 0.15) is 32.6 Å². The summed E-state index contributed by atoms with van der Waals surface area (Å²) in [5, 5.41) is 2.77. The zero-order valence-corrected chi connectivity index (χ0v) is 18.5. The quantitative estimate of drug-likeness (QED) is 0.408. The number of amides is 2. The van der Waals surface area contributed by atoms with Crippen molar-refractivity contribution in [1.29, 1.82) is 0 Å². The van der Waals surface area contributed by atoms with Crippen molar-refractivity contribution >= 4 is 45.9 Å². The fourth-order valence-corrected chi connectivity index (χ4v) is 5.05. The molecular weight excluding hydrogens is 451 g/mol. The molecule has 1 fully saturated rings. The molecule has 6 nitrogen and oxygen atoms in total. The number of hydrogen-bond acceptors (Lipinski definition) is 6. The van der Waals surface area contributed by atoms with Gasteiger partial charge in [0, 0.05) is 18.7 Å². The second-order valence-electron chi connectivity index (χ2n) is 6.99. The van der Waals surface area contributed by atoms with E-state index in [9.17, 15) is 22.8 Å². The van der Waals surface area contributed by atoms with E-state index in [2.05, 4.69) is 10.3 Å². The van der Waals surface area contributed by atoms with E-state index in [1.807, 2.05) is 0 Å². The summed E-state index contributed by atoms with van der Waals surface area (Å²) >= 11 is 2.33. The van der Waals surface area contributed by atoms with E-state index < -0.39 is 29.2 Å². The molecule has 0 aliphatic heterocycles. The van der Waals surface area contributed by atoms with Crippen LogP contribution in [-0.4, -0.2) is 35.9 Å². The number of nitrogens with one attached hydrogen (secondary N) is 1. The molecule has 1 aliphatic carbocycles. The van der Waals surface area contributed by atoms with Crippen LogP contribution in [0.15, 0.2) is 22.5 Å². The molecule has 3 rings (SSSR count). The maximum atomic E-state index is 14.4. The number of thiazole rings is 1. The molecule has 1 aliphatic rings. The molecular formula is C20H22F3N3O3S2. The van der Waals surface area contributed by atoms with Gasteiger partial charge in [-0.25, -0.2) is 22.9 Å². The fraction of sp³-hybridized carbons (Fsp3) is 0.450. The zero-order chi connectivity index (χ0) is 22.4. The largest absolute Gasteiger partial charge is 0.465 e. The SMILES string of the molecule is CCOC(=O)CSc1cnc(NC(=O)N(CC2CCCC2)c2c(F)cc(F)cc2F)s1. The van der Waals surface area contributed by atoms with Crippen LogP contribution in [-0.2, 0) is 9.53 Å². The number of rotatable bonds is 8. The molecule has 0 radical (unpaired) electrons. The number of aromatic nitrogens is 1. The Bertz CT molecular complexity index is 912. The van der Waals surface area contributed by atoms with Gasteiger partial charge in [0.25, 0.3) is 0 Å². The number of halogens is 3. The third-order valence-corrected chi connectivity index (χ3v) is 6.83. The Morgan fingerprint density at radius 3 is 2.58 bits per heavy atom. The number of benzene rings is 1. The number of carbonyl (C=O) groups is 2. The van der Waals surface area contributed by atoms with Crippen molar-refractivity contribution in [3.05, 3.63) is 35.8 Å². The van der Waals surface area contributed by atoms with E-state index in [1.165, 1.54) is 18.0 Å². The predicted octanol–water partition coefficient (Wildman–Crippen LogP) is 5.44. The molecule has 1 N–H and O–H groups in total. The topological polar surface area (TPSA) is 71.5 Å². The van der Waals surface area contributed by atoms with Gasteiger partial charge in [-0.3, -0.25) is 15.0 Å². The molecule has 0 saturated heterocycles. The van der Waals surface area contributed by atoms with Crippen LogP contribution < -0.4 is 10.2 Å². The first-order chi connectivity index (χ1) is 14.9. The molecule has 168 valence electrons. The summed E-state index contributed by atoms with van der Waals surface area (Å²) in [6.45, 7) is 2.12. The van der Waals surface area contributed by atoms with Gasteiger partial charge in [-0.15, -0.1) is 11.8 Å². The molecule has 0 spiro atoms. The third-order valence-electron chi connectivity index (χ3n) is 4.75. The molecule has 0 bridgehead atoms. The standard InChI is InChI=1S/C20H22F3N3O3S2/c1-2-29-16(27)11-30-17-9-24-19(31-17)25-20(28)26(10-12-5-3-4-6-12)18-14(22)7-13(21)8-15(18)23/h7-9,12H,2-6,10-11H2,1H3,(H,24,25,28). The number of carbonyl (C=O) groups excluding carboxylic acids is 2. The molecule has 2 aromatic rings. The van der Waals surface area contributed by atoms with Gasteiger partial charge >= 0.3 is 12.0 Å². The van der Waals surface area contributed by atoms with Gasteiger partial charge in [-0.05, 0) is 25.7 Å². The molecule has 1 aromatic carbocycles. The number of nitrogens with zero attached hydrogens (tertiary/aromatic N) is 2. The van der Waals surface area contributed by atoms with E-state index in [4.69, 9.17) is 4.74 Å². The second-order valence-corrected chi connectivity index (χ2v) is 9.29. The van der Waals surface area contributed by atoms with Crippen molar-refractivity contribution in [2.45, 2.75) is 36.8 Å². The van der Waals surface area contributed by atoms with E-state index in [-0.39, 0.29) is 35.9 Å². The molecule has 2 amide bonds. The van der Waals surface area contributed by atoms with Crippen LogP contribution in [0.25, 0.3) is 0 Å². The van der Waals surface area contributed by atoms with Gasteiger partial charge in [-0.1, -0.05) is 24.2 Å². The molecule has 11 heteroatoms. The van der Waals surface area contributed by atoms with Crippen molar-refractivity contribution in [2.75, 3.05) is 29.1 Å². The molecule has 0 unspecified atom stereocenters. The maximum Gasteiger partial charge on any atom is 0.328 e. The molecule has 1 aromatic heterocycles. The average molecular weight is 474 g/mol. The maximum absolute atomic E-state index is 14.4. The van der Waals surface area contributed by atoms with Crippen molar-refractivity contribution < 1.29 is 27.5 Å². The van der Waals surface area contributed by atoms with Gasteiger partial charge in [0.1, 0.15) is 11.5 Å². The van der Waals surface area contributed by atoms with Gasteiger partial charge in [0.2, 0.25) is 0 Å². The number of esters is 1. The van der Waals surface area contributed by atoms with E-state index in [0.717, 1.165) is 41.9 Å². The predicted molar refractivity (Wildman–Crippen MR) is 114 cm³/mol. The summed E-state index contributed by atoms with van der Waals surface area (Å²) in [5.41, 5.74) is -0.584. The first-order valence-electron chi connectivity index (χ1n) is 9.84. The number of ether oxygens (including phenoxy) is 1. The Balaban J connectivity index is 1.74. The summed E-state index contributed by atoms with van der Waals surface area (Å²) in [4.78, 5) is 29.5. The Hall–Kier alpha value is -2.27. The number of thioether (sulfide) groups is 1. The Kier molecular flexibility index (Phi) is 8.19. The van der Waals surface area contributed by atoms with Crippen molar-refractivity contribution in [1.82, 2.24) is 4.98 Å². The van der Waals surface area contributed by atoms with E-state index >= 15 is 0 Å². The lowest BCUT2D eigenvalue weighted by molar-refractivity contribution is -0.139. The van der Waals surface area contributed by atoms with Gasteiger partial charge in [0.15, 0.2) is 16.8 Å².